The smallest absolute Gasteiger partial charge is 0.241 e. The van der Waals surface area contributed by atoms with Gasteiger partial charge in [-0.25, -0.2) is 13.1 Å². The maximum atomic E-state index is 12.0. The van der Waals surface area contributed by atoms with E-state index >= 15 is 0 Å². The highest BCUT2D eigenvalue weighted by molar-refractivity contribution is 7.89. The number of nitrogens with one attached hydrogen (secondary N) is 1. The summed E-state index contributed by atoms with van der Waals surface area (Å²) >= 11 is 1.32. The quantitative estimate of drug-likeness (QED) is 0.780. The van der Waals surface area contributed by atoms with Crippen LogP contribution in [-0.4, -0.2) is 25.1 Å². The Kier molecular flexibility index (Phi) is 4.07. The van der Waals surface area contributed by atoms with Crippen molar-refractivity contribution in [3.63, 3.8) is 0 Å². The standard InChI is InChI=1S/C9H12N4O3S2/c10-5-7-8(2-4-17-7)18(14,15)12-3-1-9-11-6-16-13-9/h2,4,6,12H,1,3,5,10H2. The minimum atomic E-state index is -3.52. The van der Waals surface area contributed by atoms with Gasteiger partial charge in [-0.05, 0) is 11.4 Å². The van der Waals surface area contributed by atoms with Gasteiger partial charge in [0, 0.05) is 24.4 Å². The lowest BCUT2D eigenvalue weighted by atomic mass is 10.4. The van der Waals surface area contributed by atoms with E-state index < -0.39 is 10.0 Å². The average molecular weight is 288 g/mol. The minimum absolute atomic E-state index is 0.207. The van der Waals surface area contributed by atoms with Gasteiger partial charge in [0.2, 0.25) is 16.4 Å². The van der Waals surface area contributed by atoms with Crippen LogP contribution >= 0.6 is 11.3 Å². The summed E-state index contributed by atoms with van der Waals surface area (Å²) in [5, 5.41) is 5.30. The predicted molar refractivity (Wildman–Crippen MR) is 65.4 cm³/mol. The van der Waals surface area contributed by atoms with Gasteiger partial charge in [0.25, 0.3) is 0 Å². The lowest BCUT2D eigenvalue weighted by molar-refractivity contribution is 0.410. The van der Waals surface area contributed by atoms with Gasteiger partial charge in [-0.15, -0.1) is 11.3 Å². The second-order valence-corrected chi connectivity index (χ2v) is 6.14. The van der Waals surface area contributed by atoms with Crippen LogP contribution < -0.4 is 10.5 Å². The summed E-state index contributed by atoms with van der Waals surface area (Å²) in [6, 6.07) is 1.55. The van der Waals surface area contributed by atoms with Gasteiger partial charge in [0.15, 0.2) is 5.82 Å². The van der Waals surface area contributed by atoms with Gasteiger partial charge < -0.3 is 10.3 Å². The van der Waals surface area contributed by atoms with Crippen molar-refractivity contribution in [2.45, 2.75) is 17.9 Å². The molecule has 0 aliphatic carbocycles. The summed E-state index contributed by atoms with van der Waals surface area (Å²) in [5.74, 6) is 0.460. The van der Waals surface area contributed by atoms with Crippen molar-refractivity contribution in [3.05, 3.63) is 28.5 Å². The van der Waals surface area contributed by atoms with Gasteiger partial charge in [-0.2, -0.15) is 4.98 Å². The van der Waals surface area contributed by atoms with E-state index in [0.717, 1.165) is 0 Å². The molecule has 9 heteroatoms. The van der Waals surface area contributed by atoms with E-state index in [4.69, 9.17) is 5.73 Å². The van der Waals surface area contributed by atoms with Crippen molar-refractivity contribution >= 4 is 21.4 Å². The molecule has 0 saturated carbocycles. The molecule has 0 fully saturated rings. The van der Waals surface area contributed by atoms with E-state index in [2.05, 4.69) is 19.4 Å². The molecule has 0 amide bonds. The van der Waals surface area contributed by atoms with E-state index in [-0.39, 0.29) is 18.0 Å². The second-order valence-electron chi connectivity index (χ2n) is 3.41. The zero-order chi connectivity index (χ0) is 13.0. The molecular weight excluding hydrogens is 276 g/mol. The fraction of sp³-hybridized carbons (Fsp3) is 0.333. The molecule has 7 nitrogen and oxygen atoms in total. The first kappa shape index (κ1) is 13.1. The van der Waals surface area contributed by atoms with Crippen LogP contribution in [0.3, 0.4) is 0 Å². The lowest BCUT2D eigenvalue weighted by Gasteiger charge is -2.05. The van der Waals surface area contributed by atoms with Crippen LogP contribution in [0.5, 0.6) is 0 Å². The van der Waals surface area contributed by atoms with Crippen molar-refractivity contribution in [3.8, 4) is 0 Å². The molecule has 0 radical (unpaired) electrons. The van der Waals surface area contributed by atoms with Gasteiger partial charge in [0.1, 0.15) is 0 Å². The first-order valence-electron chi connectivity index (χ1n) is 5.15. The second kappa shape index (κ2) is 5.57. The normalized spacial score (nSPS) is 11.8. The molecular formula is C9H12N4O3S2. The summed E-state index contributed by atoms with van der Waals surface area (Å²) in [6.07, 6.45) is 1.58. The van der Waals surface area contributed by atoms with Crippen molar-refractivity contribution < 1.29 is 12.9 Å². The van der Waals surface area contributed by atoms with Crippen molar-refractivity contribution in [2.75, 3.05) is 6.54 Å². The first-order valence-corrected chi connectivity index (χ1v) is 7.51. The van der Waals surface area contributed by atoms with E-state index in [9.17, 15) is 8.42 Å². The Hall–Kier alpha value is -1.29. The molecule has 0 spiro atoms. The number of nitrogens with two attached hydrogens (primary N) is 1. The SMILES string of the molecule is NCc1sccc1S(=O)(=O)NCCc1ncon1. The monoisotopic (exact) mass is 288 g/mol. The molecule has 98 valence electrons. The van der Waals surface area contributed by atoms with Crippen LogP contribution in [0.15, 0.2) is 27.3 Å². The van der Waals surface area contributed by atoms with Crippen molar-refractivity contribution in [2.24, 2.45) is 5.73 Å². The summed E-state index contributed by atoms with van der Waals surface area (Å²) in [7, 11) is -3.52. The molecule has 0 atom stereocenters. The first-order chi connectivity index (χ1) is 8.63. The maximum Gasteiger partial charge on any atom is 0.241 e. The van der Waals surface area contributed by atoms with Crippen LogP contribution in [0, 0.1) is 0 Å². The van der Waals surface area contributed by atoms with E-state index in [1.807, 2.05) is 0 Å². The largest absolute Gasteiger partial charge is 0.343 e. The minimum Gasteiger partial charge on any atom is -0.343 e. The third-order valence-corrected chi connectivity index (χ3v) is 4.85. The van der Waals surface area contributed by atoms with Crippen LogP contribution in [0.2, 0.25) is 0 Å². The molecule has 18 heavy (non-hydrogen) atoms. The number of hydrogen-bond acceptors (Lipinski definition) is 7. The van der Waals surface area contributed by atoms with E-state index in [1.165, 1.54) is 17.7 Å². The molecule has 0 aliphatic heterocycles. The zero-order valence-corrected chi connectivity index (χ0v) is 11.0. The third kappa shape index (κ3) is 2.93. The van der Waals surface area contributed by atoms with Crippen molar-refractivity contribution in [1.82, 2.24) is 14.9 Å². The molecule has 0 bridgehead atoms. The van der Waals surface area contributed by atoms with Crippen LogP contribution in [0.25, 0.3) is 0 Å². The fourth-order valence-corrected chi connectivity index (χ4v) is 3.76. The summed E-state index contributed by atoms with van der Waals surface area (Å²) in [6.45, 7) is 0.417. The predicted octanol–water partition coefficient (Wildman–Crippen LogP) is 0.111. The Morgan fingerprint density at radius 1 is 1.50 bits per heavy atom. The third-order valence-electron chi connectivity index (χ3n) is 2.23. The number of rotatable bonds is 6. The number of sulfonamides is 1. The van der Waals surface area contributed by atoms with E-state index in [0.29, 0.717) is 17.1 Å². The lowest BCUT2D eigenvalue weighted by Crippen LogP contribution is -2.26. The topological polar surface area (TPSA) is 111 Å². The Morgan fingerprint density at radius 2 is 2.33 bits per heavy atom. The number of nitrogens with zero attached hydrogens (tertiary/aromatic N) is 2. The molecule has 3 N–H and O–H groups in total. The summed E-state index contributed by atoms with van der Waals surface area (Å²) in [5.41, 5.74) is 5.48. The van der Waals surface area contributed by atoms with E-state index in [1.54, 1.807) is 11.4 Å². The van der Waals surface area contributed by atoms with Crippen LogP contribution in [-0.2, 0) is 23.0 Å². The fourth-order valence-electron chi connectivity index (χ4n) is 1.39. The van der Waals surface area contributed by atoms with Crippen molar-refractivity contribution in [1.29, 1.82) is 0 Å². The molecule has 0 aliphatic rings. The Bertz CT molecular complexity index is 591. The zero-order valence-electron chi connectivity index (χ0n) is 9.37. The van der Waals surface area contributed by atoms with Crippen LogP contribution in [0.1, 0.15) is 10.7 Å². The number of aromatic nitrogens is 2. The number of hydrogen-bond donors (Lipinski definition) is 2. The maximum absolute atomic E-state index is 12.0. The Morgan fingerprint density at radius 3 is 3.00 bits per heavy atom. The molecule has 0 unspecified atom stereocenters. The molecule has 2 aromatic heterocycles. The number of thiophene rings is 1. The molecule has 2 rings (SSSR count). The Labute approximate surface area is 108 Å². The van der Waals surface area contributed by atoms with Gasteiger partial charge in [0.05, 0.1) is 4.90 Å². The molecule has 0 aromatic carbocycles. The van der Waals surface area contributed by atoms with Gasteiger partial charge in [-0.1, -0.05) is 5.16 Å². The van der Waals surface area contributed by atoms with Crippen LogP contribution in [0.4, 0.5) is 0 Å². The molecule has 0 saturated heterocycles. The summed E-state index contributed by atoms with van der Waals surface area (Å²) < 4.78 is 31.0. The Balaban J connectivity index is 1.99. The van der Waals surface area contributed by atoms with Gasteiger partial charge >= 0.3 is 0 Å². The highest BCUT2D eigenvalue weighted by Crippen LogP contribution is 2.20. The molecule has 2 heterocycles. The highest BCUT2D eigenvalue weighted by Gasteiger charge is 2.18. The molecule has 2 aromatic rings. The van der Waals surface area contributed by atoms with Gasteiger partial charge in [-0.3, -0.25) is 0 Å². The summed E-state index contributed by atoms with van der Waals surface area (Å²) in [4.78, 5) is 4.68. The highest BCUT2D eigenvalue weighted by atomic mass is 32.2. The average Bonchev–Trinajstić information content (AvgIpc) is 2.99.